The molecule has 1 atom stereocenters. The fourth-order valence-electron chi connectivity index (χ4n) is 2.56. The van der Waals surface area contributed by atoms with Crippen molar-refractivity contribution >= 4 is 0 Å². The number of nitrogens with one attached hydrogen (secondary N) is 1. The van der Waals surface area contributed by atoms with Crippen LogP contribution >= 0.6 is 0 Å². The SMILES string of the molecule is COc1ccc(C(C2CNC2)N(C)C)cc1OC. The Labute approximate surface area is 109 Å². The monoisotopic (exact) mass is 250 g/mol. The van der Waals surface area contributed by atoms with Crippen molar-refractivity contribution < 1.29 is 9.47 Å². The fraction of sp³-hybridized carbons (Fsp3) is 0.571. The maximum absolute atomic E-state index is 5.38. The zero-order chi connectivity index (χ0) is 13.1. The number of hydrogen-bond donors (Lipinski definition) is 1. The van der Waals surface area contributed by atoms with E-state index in [2.05, 4.69) is 36.4 Å². The lowest BCUT2D eigenvalue weighted by molar-refractivity contribution is 0.160. The largest absolute Gasteiger partial charge is 0.493 e. The van der Waals surface area contributed by atoms with Crippen LogP contribution in [0, 0.1) is 5.92 Å². The number of ether oxygens (including phenoxy) is 2. The smallest absolute Gasteiger partial charge is 0.161 e. The molecule has 0 spiro atoms. The predicted octanol–water partition coefficient (Wildman–Crippen LogP) is 1.53. The van der Waals surface area contributed by atoms with Crippen LogP contribution in [0.2, 0.25) is 0 Å². The van der Waals surface area contributed by atoms with E-state index in [4.69, 9.17) is 9.47 Å². The molecule has 1 saturated heterocycles. The average molecular weight is 250 g/mol. The Bertz CT molecular complexity index is 403. The molecule has 1 aromatic carbocycles. The Kier molecular flexibility index (Phi) is 4.09. The van der Waals surface area contributed by atoms with Gasteiger partial charge < -0.3 is 19.7 Å². The third kappa shape index (κ3) is 2.44. The van der Waals surface area contributed by atoms with E-state index in [1.54, 1.807) is 14.2 Å². The summed E-state index contributed by atoms with van der Waals surface area (Å²) in [4.78, 5) is 2.27. The van der Waals surface area contributed by atoms with Gasteiger partial charge in [0, 0.05) is 25.0 Å². The van der Waals surface area contributed by atoms with Crippen LogP contribution in [0.5, 0.6) is 11.5 Å². The highest BCUT2D eigenvalue weighted by Crippen LogP contribution is 2.35. The molecule has 1 N–H and O–H groups in total. The van der Waals surface area contributed by atoms with Gasteiger partial charge >= 0.3 is 0 Å². The van der Waals surface area contributed by atoms with Crippen LogP contribution in [0.1, 0.15) is 11.6 Å². The van der Waals surface area contributed by atoms with E-state index in [9.17, 15) is 0 Å². The molecule has 1 aliphatic rings. The molecule has 100 valence electrons. The summed E-state index contributed by atoms with van der Waals surface area (Å²) in [6.07, 6.45) is 0. The van der Waals surface area contributed by atoms with Gasteiger partial charge in [-0.3, -0.25) is 0 Å². The minimum absolute atomic E-state index is 0.422. The zero-order valence-corrected chi connectivity index (χ0v) is 11.6. The Morgan fingerprint density at radius 3 is 2.28 bits per heavy atom. The summed E-state index contributed by atoms with van der Waals surface area (Å²) in [5.74, 6) is 2.25. The normalized spacial score (nSPS) is 17.4. The summed E-state index contributed by atoms with van der Waals surface area (Å²) < 4.78 is 10.7. The van der Waals surface area contributed by atoms with Crippen LogP contribution in [-0.2, 0) is 0 Å². The molecule has 1 aromatic rings. The van der Waals surface area contributed by atoms with Crippen LogP contribution in [0.3, 0.4) is 0 Å². The lowest BCUT2D eigenvalue weighted by Crippen LogP contribution is -2.48. The van der Waals surface area contributed by atoms with Crippen molar-refractivity contribution in [2.75, 3.05) is 41.4 Å². The van der Waals surface area contributed by atoms with Gasteiger partial charge in [-0.15, -0.1) is 0 Å². The van der Waals surface area contributed by atoms with Gasteiger partial charge in [0.25, 0.3) is 0 Å². The van der Waals surface area contributed by atoms with Gasteiger partial charge in [0.2, 0.25) is 0 Å². The second kappa shape index (κ2) is 5.59. The second-order valence-electron chi connectivity index (χ2n) is 4.94. The molecule has 0 aromatic heterocycles. The van der Waals surface area contributed by atoms with Gasteiger partial charge in [0.1, 0.15) is 0 Å². The molecule has 2 rings (SSSR count). The van der Waals surface area contributed by atoms with E-state index < -0.39 is 0 Å². The minimum Gasteiger partial charge on any atom is -0.493 e. The van der Waals surface area contributed by atoms with E-state index in [0.717, 1.165) is 24.6 Å². The lowest BCUT2D eigenvalue weighted by atomic mass is 9.87. The molecule has 4 heteroatoms. The number of rotatable bonds is 5. The van der Waals surface area contributed by atoms with E-state index in [-0.39, 0.29) is 0 Å². The van der Waals surface area contributed by atoms with E-state index >= 15 is 0 Å². The van der Waals surface area contributed by atoms with E-state index in [1.165, 1.54) is 5.56 Å². The van der Waals surface area contributed by atoms with Crippen molar-refractivity contribution in [3.63, 3.8) is 0 Å². The first-order valence-electron chi connectivity index (χ1n) is 6.26. The summed E-state index contributed by atoms with van der Waals surface area (Å²) in [6.45, 7) is 2.16. The van der Waals surface area contributed by atoms with Gasteiger partial charge in [-0.05, 0) is 31.8 Å². The molecular weight excluding hydrogens is 228 g/mol. The highest BCUT2D eigenvalue weighted by atomic mass is 16.5. The van der Waals surface area contributed by atoms with Crippen LogP contribution in [0.4, 0.5) is 0 Å². The van der Waals surface area contributed by atoms with Crippen LogP contribution in [0.15, 0.2) is 18.2 Å². The highest BCUT2D eigenvalue weighted by molar-refractivity contribution is 5.44. The average Bonchev–Trinajstić information content (AvgIpc) is 2.32. The molecule has 1 aliphatic heterocycles. The number of benzene rings is 1. The molecule has 1 fully saturated rings. The maximum Gasteiger partial charge on any atom is 0.161 e. The van der Waals surface area contributed by atoms with Crippen molar-refractivity contribution in [1.82, 2.24) is 10.2 Å². The van der Waals surface area contributed by atoms with Crippen LogP contribution in [0.25, 0.3) is 0 Å². The van der Waals surface area contributed by atoms with Crippen molar-refractivity contribution in [3.05, 3.63) is 23.8 Å². The first-order valence-corrected chi connectivity index (χ1v) is 6.26. The molecule has 1 heterocycles. The molecule has 1 unspecified atom stereocenters. The molecule has 0 bridgehead atoms. The second-order valence-corrected chi connectivity index (χ2v) is 4.94. The Balaban J connectivity index is 2.29. The van der Waals surface area contributed by atoms with Crippen molar-refractivity contribution in [1.29, 1.82) is 0 Å². The number of hydrogen-bond acceptors (Lipinski definition) is 4. The molecule has 0 aliphatic carbocycles. The maximum atomic E-state index is 5.38. The van der Waals surface area contributed by atoms with Crippen molar-refractivity contribution in [2.24, 2.45) is 5.92 Å². The molecular formula is C14H22N2O2. The number of methoxy groups -OCH3 is 2. The third-order valence-electron chi connectivity index (χ3n) is 3.57. The van der Waals surface area contributed by atoms with Gasteiger partial charge in [-0.1, -0.05) is 6.07 Å². The molecule has 0 radical (unpaired) electrons. The summed E-state index contributed by atoms with van der Waals surface area (Å²) in [7, 11) is 7.59. The Morgan fingerprint density at radius 2 is 1.83 bits per heavy atom. The molecule has 0 saturated carbocycles. The Morgan fingerprint density at radius 1 is 1.17 bits per heavy atom. The van der Waals surface area contributed by atoms with Gasteiger partial charge in [-0.25, -0.2) is 0 Å². The third-order valence-corrected chi connectivity index (χ3v) is 3.57. The summed E-state index contributed by atoms with van der Waals surface area (Å²) in [5, 5.41) is 3.33. The first-order chi connectivity index (χ1) is 8.67. The van der Waals surface area contributed by atoms with Crippen LogP contribution in [-0.4, -0.2) is 46.3 Å². The summed E-state index contributed by atoms with van der Waals surface area (Å²) in [6, 6.07) is 6.62. The summed E-state index contributed by atoms with van der Waals surface area (Å²) >= 11 is 0. The molecule has 4 nitrogen and oxygen atoms in total. The summed E-state index contributed by atoms with van der Waals surface area (Å²) in [5.41, 5.74) is 1.28. The first kappa shape index (κ1) is 13.2. The van der Waals surface area contributed by atoms with Crippen molar-refractivity contribution in [2.45, 2.75) is 6.04 Å². The quantitative estimate of drug-likeness (QED) is 0.859. The lowest BCUT2D eigenvalue weighted by Gasteiger charge is -2.39. The standard InChI is InChI=1S/C14H22N2O2/c1-16(2)14(11-8-15-9-11)10-5-6-12(17-3)13(7-10)18-4/h5-7,11,14-15H,8-9H2,1-4H3. The van der Waals surface area contributed by atoms with E-state index in [1.807, 2.05) is 6.07 Å². The van der Waals surface area contributed by atoms with Gasteiger partial charge in [-0.2, -0.15) is 0 Å². The highest BCUT2D eigenvalue weighted by Gasteiger charge is 2.30. The minimum atomic E-state index is 0.422. The van der Waals surface area contributed by atoms with E-state index in [0.29, 0.717) is 12.0 Å². The zero-order valence-electron chi connectivity index (χ0n) is 11.6. The predicted molar refractivity (Wildman–Crippen MR) is 72.3 cm³/mol. The molecule has 18 heavy (non-hydrogen) atoms. The van der Waals surface area contributed by atoms with Crippen molar-refractivity contribution in [3.8, 4) is 11.5 Å². The van der Waals surface area contributed by atoms with Gasteiger partial charge in [0.15, 0.2) is 11.5 Å². The van der Waals surface area contributed by atoms with Gasteiger partial charge in [0.05, 0.1) is 14.2 Å². The molecule has 0 amide bonds. The van der Waals surface area contributed by atoms with Crippen LogP contribution < -0.4 is 14.8 Å². The number of nitrogens with zero attached hydrogens (tertiary/aromatic N) is 1. The fourth-order valence-corrected chi connectivity index (χ4v) is 2.56. The topological polar surface area (TPSA) is 33.7 Å². The Hall–Kier alpha value is -1.26.